The third kappa shape index (κ3) is 8.60. The number of anilines is 1. The van der Waals surface area contributed by atoms with E-state index in [0.29, 0.717) is 9.26 Å². The van der Waals surface area contributed by atoms with E-state index in [-0.39, 0.29) is 29.6 Å². The molecule has 14 nitrogen and oxygen atoms in total. The fraction of sp³-hybridized carbons (Fsp3) is 0.333. The fourth-order valence-electron chi connectivity index (χ4n) is 3.02. The van der Waals surface area contributed by atoms with Gasteiger partial charge in [0.2, 0.25) is 11.9 Å². The van der Waals surface area contributed by atoms with Crippen molar-refractivity contribution in [2.24, 2.45) is 16.6 Å². The molecule has 2 amide bonds. The molecule has 37 heavy (non-hydrogen) atoms. The van der Waals surface area contributed by atoms with Gasteiger partial charge in [-0.25, -0.2) is 13.5 Å². The Labute approximate surface area is 227 Å². The molecular weight excluding hydrogens is 621 g/mol. The zero-order chi connectivity index (χ0) is 27.8. The Morgan fingerprint density at radius 2 is 1.95 bits per heavy atom. The molecule has 1 atom stereocenters. The van der Waals surface area contributed by atoms with Crippen LogP contribution in [-0.2, 0) is 35.8 Å². The van der Waals surface area contributed by atoms with Crippen LogP contribution >= 0.6 is 22.6 Å². The van der Waals surface area contributed by atoms with Crippen LogP contribution in [0.4, 0.5) is 5.69 Å². The number of aromatic nitrogens is 1. The molecule has 0 radical (unpaired) electrons. The number of nitrogens with one attached hydrogen (secondary N) is 2. The summed E-state index contributed by atoms with van der Waals surface area (Å²) in [4.78, 5) is 48.2. The standard InChI is InChI=1S/C21H28IN7O7S/c1-13-7-8-17(27-37(33,34)15-6-4-5-14(22)11-15)20(32)29(13)12-18(30)25-16(19(31)28(2)35-3)9-10-36-26-21(23)24/h4-8,11,16,27H,9-10,12H2,1-3H3,(H,25,30)(H4,23,24,26). The lowest BCUT2D eigenvalue weighted by Crippen LogP contribution is -2.49. The molecular formula is C21H28IN7O7S. The lowest BCUT2D eigenvalue weighted by Gasteiger charge is -2.23. The molecule has 0 fully saturated rings. The van der Waals surface area contributed by atoms with Gasteiger partial charge >= 0.3 is 0 Å². The highest BCUT2D eigenvalue weighted by Crippen LogP contribution is 2.16. The van der Waals surface area contributed by atoms with E-state index < -0.39 is 40.0 Å². The SMILES string of the molecule is CON(C)C(=O)C(CCON=C(N)N)NC(=O)Cn1c(C)ccc(NS(=O)(=O)c2cccc(I)c2)c1=O. The van der Waals surface area contributed by atoms with Gasteiger partial charge in [-0.1, -0.05) is 6.07 Å². The van der Waals surface area contributed by atoms with Crippen LogP contribution in [0.25, 0.3) is 0 Å². The second-order valence-electron chi connectivity index (χ2n) is 7.62. The minimum Gasteiger partial charge on any atom is -0.393 e. The molecule has 0 aliphatic rings. The highest BCUT2D eigenvalue weighted by atomic mass is 127. The average Bonchev–Trinajstić information content (AvgIpc) is 2.84. The smallest absolute Gasteiger partial charge is 0.275 e. The molecule has 202 valence electrons. The largest absolute Gasteiger partial charge is 0.393 e. The molecule has 1 unspecified atom stereocenters. The number of likely N-dealkylation sites (N-methyl/N-ethyl adjacent to an activating group) is 1. The number of nitrogens with two attached hydrogens (primary N) is 2. The third-order valence-corrected chi connectivity index (χ3v) is 6.96. The predicted octanol–water partition coefficient (Wildman–Crippen LogP) is -0.338. The Bertz CT molecular complexity index is 1330. The summed E-state index contributed by atoms with van der Waals surface area (Å²) in [5.41, 5.74) is 9.79. The van der Waals surface area contributed by atoms with Crippen LogP contribution in [0, 0.1) is 10.5 Å². The van der Waals surface area contributed by atoms with Gasteiger partial charge in [-0.05, 0) is 65.0 Å². The van der Waals surface area contributed by atoms with Crippen molar-refractivity contribution in [2.45, 2.75) is 30.8 Å². The lowest BCUT2D eigenvalue weighted by molar-refractivity contribution is -0.172. The van der Waals surface area contributed by atoms with Crippen molar-refractivity contribution in [1.29, 1.82) is 0 Å². The van der Waals surface area contributed by atoms with Crippen LogP contribution in [-0.4, -0.2) is 62.6 Å². The number of pyridine rings is 1. The van der Waals surface area contributed by atoms with Crippen LogP contribution in [0.5, 0.6) is 0 Å². The van der Waals surface area contributed by atoms with Gasteiger partial charge in [-0.3, -0.25) is 23.9 Å². The maximum atomic E-state index is 13.1. The number of carbonyl (C=O) groups excluding carboxylic acids is 2. The Morgan fingerprint density at radius 1 is 1.24 bits per heavy atom. The van der Waals surface area contributed by atoms with Crippen molar-refractivity contribution in [3.63, 3.8) is 0 Å². The maximum absolute atomic E-state index is 13.1. The number of carbonyl (C=O) groups is 2. The first-order valence-electron chi connectivity index (χ1n) is 10.7. The Balaban J connectivity index is 2.23. The molecule has 0 saturated carbocycles. The number of hydrogen-bond acceptors (Lipinski definition) is 8. The second-order valence-corrected chi connectivity index (χ2v) is 10.5. The van der Waals surface area contributed by atoms with Crippen molar-refractivity contribution < 1.29 is 27.7 Å². The molecule has 0 saturated heterocycles. The first-order chi connectivity index (χ1) is 17.4. The van der Waals surface area contributed by atoms with Crippen molar-refractivity contribution in [2.75, 3.05) is 25.5 Å². The Hall–Kier alpha value is -3.38. The van der Waals surface area contributed by atoms with Gasteiger partial charge in [0.1, 0.15) is 24.9 Å². The third-order valence-electron chi connectivity index (χ3n) is 4.93. The fourth-order valence-corrected chi connectivity index (χ4v) is 4.88. The van der Waals surface area contributed by atoms with Crippen molar-refractivity contribution in [1.82, 2.24) is 14.9 Å². The number of oxime groups is 1. The molecule has 1 aromatic carbocycles. The summed E-state index contributed by atoms with van der Waals surface area (Å²) in [5.74, 6) is -1.59. The number of hydroxylamine groups is 2. The van der Waals surface area contributed by atoms with Gasteiger partial charge in [-0.15, -0.1) is 0 Å². The van der Waals surface area contributed by atoms with E-state index in [2.05, 4.69) is 15.2 Å². The van der Waals surface area contributed by atoms with Gasteiger partial charge in [0.05, 0.1) is 12.0 Å². The van der Waals surface area contributed by atoms with E-state index in [4.69, 9.17) is 21.1 Å². The molecule has 0 aliphatic heterocycles. The number of sulfonamides is 1. The van der Waals surface area contributed by atoms with Crippen LogP contribution in [0.1, 0.15) is 12.1 Å². The topological polar surface area (TPSA) is 200 Å². The van der Waals surface area contributed by atoms with E-state index in [9.17, 15) is 22.8 Å². The molecule has 6 N–H and O–H groups in total. The normalized spacial score (nSPS) is 11.8. The summed E-state index contributed by atoms with van der Waals surface area (Å²) >= 11 is 1.98. The first-order valence-corrected chi connectivity index (χ1v) is 13.2. The van der Waals surface area contributed by atoms with Crippen LogP contribution < -0.4 is 27.1 Å². The number of rotatable bonds is 12. The predicted molar refractivity (Wildman–Crippen MR) is 143 cm³/mol. The molecule has 0 aliphatic carbocycles. The van der Waals surface area contributed by atoms with E-state index in [1.807, 2.05) is 22.6 Å². The quantitative estimate of drug-likeness (QED) is 0.0781. The van der Waals surface area contributed by atoms with E-state index in [1.54, 1.807) is 19.1 Å². The van der Waals surface area contributed by atoms with Gasteiger partial charge in [0.15, 0.2) is 0 Å². The monoisotopic (exact) mass is 649 g/mol. The number of benzene rings is 1. The summed E-state index contributed by atoms with van der Waals surface area (Å²) in [6.07, 6.45) is -0.0152. The highest BCUT2D eigenvalue weighted by Gasteiger charge is 2.25. The van der Waals surface area contributed by atoms with Crippen molar-refractivity contribution in [3.05, 3.63) is 56.0 Å². The number of aryl methyl sites for hydroxylation is 1. The number of hydrogen-bond donors (Lipinski definition) is 4. The molecule has 0 spiro atoms. The zero-order valence-electron chi connectivity index (χ0n) is 20.3. The number of guanidine groups is 1. The number of nitrogens with zero attached hydrogens (tertiary/aromatic N) is 3. The Kier molecular flexibility index (Phi) is 10.7. The zero-order valence-corrected chi connectivity index (χ0v) is 23.3. The summed E-state index contributed by atoms with van der Waals surface area (Å²) in [5, 5.41) is 6.80. The molecule has 0 bridgehead atoms. The average molecular weight is 649 g/mol. The molecule has 2 aromatic rings. The molecule has 1 aromatic heterocycles. The lowest BCUT2D eigenvalue weighted by atomic mass is 10.2. The minimum atomic E-state index is -4.05. The molecule has 1 heterocycles. The van der Waals surface area contributed by atoms with Crippen LogP contribution in [0.3, 0.4) is 0 Å². The van der Waals surface area contributed by atoms with Crippen molar-refractivity contribution in [3.8, 4) is 0 Å². The van der Waals surface area contributed by atoms with Gasteiger partial charge in [0.25, 0.3) is 21.5 Å². The van der Waals surface area contributed by atoms with E-state index in [1.165, 1.54) is 38.4 Å². The first kappa shape index (κ1) is 29.8. The molecule has 16 heteroatoms. The van der Waals surface area contributed by atoms with Crippen LogP contribution in [0.15, 0.2) is 51.2 Å². The molecule has 2 rings (SSSR count). The number of amides is 2. The summed E-state index contributed by atoms with van der Waals surface area (Å²) < 4.78 is 29.6. The van der Waals surface area contributed by atoms with Crippen molar-refractivity contribution >= 4 is 56.1 Å². The number of halogens is 1. The second kappa shape index (κ2) is 13.2. The van der Waals surface area contributed by atoms with E-state index >= 15 is 0 Å². The summed E-state index contributed by atoms with van der Waals surface area (Å²) in [7, 11) is -1.42. The van der Waals surface area contributed by atoms with E-state index in [0.717, 1.165) is 9.63 Å². The van der Waals surface area contributed by atoms with Gasteiger partial charge in [0, 0.05) is 22.7 Å². The summed E-state index contributed by atoms with van der Waals surface area (Å²) in [6, 6.07) is 7.88. The van der Waals surface area contributed by atoms with Crippen LogP contribution in [0.2, 0.25) is 0 Å². The Morgan fingerprint density at radius 3 is 2.57 bits per heavy atom. The maximum Gasteiger partial charge on any atom is 0.275 e. The minimum absolute atomic E-state index is 0.0152. The van der Waals surface area contributed by atoms with Gasteiger partial charge < -0.3 is 26.2 Å². The highest BCUT2D eigenvalue weighted by molar-refractivity contribution is 14.1. The summed E-state index contributed by atoms with van der Waals surface area (Å²) in [6.45, 7) is 0.983. The van der Waals surface area contributed by atoms with Gasteiger partial charge in [-0.2, -0.15) is 0 Å².